The molecule has 1 aromatic carbocycles. The molecule has 0 fully saturated rings. The largest absolute Gasteiger partial charge is 0.0843 e. The highest BCUT2D eigenvalue weighted by Crippen LogP contribution is 2.17. The van der Waals surface area contributed by atoms with Crippen molar-refractivity contribution in [2.24, 2.45) is 0 Å². The van der Waals surface area contributed by atoms with Crippen LogP contribution in [0.15, 0.2) is 54.1 Å². The summed E-state index contributed by atoms with van der Waals surface area (Å²) in [4.78, 5) is 1.02. The average Bonchev–Trinajstić information content (AvgIpc) is 2.23. The first-order chi connectivity index (χ1) is 6.86. The van der Waals surface area contributed by atoms with Crippen molar-refractivity contribution in [3.63, 3.8) is 0 Å². The van der Waals surface area contributed by atoms with E-state index < -0.39 is 0 Å². The van der Waals surface area contributed by atoms with Gasteiger partial charge < -0.3 is 0 Å². The Morgan fingerprint density at radius 3 is 2.64 bits per heavy atom. The van der Waals surface area contributed by atoms with Gasteiger partial charge in [0.2, 0.25) is 0 Å². The zero-order valence-electron chi connectivity index (χ0n) is 7.81. The Kier molecular flexibility index (Phi) is 2.90. The Morgan fingerprint density at radius 1 is 1.14 bits per heavy atom. The van der Waals surface area contributed by atoms with Crippen molar-refractivity contribution in [2.75, 3.05) is 0 Å². The monoisotopic (exact) mass is 199 g/mol. The number of hydrogen-bond donors (Lipinski definition) is 0. The van der Waals surface area contributed by atoms with E-state index in [-0.39, 0.29) is 0 Å². The van der Waals surface area contributed by atoms with E-state index >= 15 is 0 Å². The Bertz CT molecular complexity index is 385. The van der Waals surface area contributed by atoms with E-state index in [0.29, 0.717) is 0 Å². The normalized spacial score (nSPS) is 15.4. The van der Waals surface area contributed by atoms with Crippen LogP contribution in [0.3, 0.4) is 0 Å². The number of hydrogen-bond acceptors (Lipinski definition) is 1. The molecule has 0 aliphatic heterocycles. The van der Waals surface area contributed by atoms with Gasteiger partial charge in [0.05, 0.1) is 0 Å². The molecule has 0 bridgehead atoms. The summed E-state index contributed by atoms with van der Waals surface area (Å²) >= 11 is 5.28. The van der Waals surface area contributed by atoms with Gasteiger partial charge in [-0.1, -0.05) is 60.8 Å². The first-order valence-electron chi connectivity index (χ1n) is 4.66. The van der Waals surface area contributed by atoms with Gasteiger partial charge in [0.1, 0.15) is 0 Å². The lowest BCUT2D eigenvalue weighted by atomic mass is 9.97. The van der Waals surface area contributed by atoms with Gasteiger partial charge in [-0.2, -0.15) is 0 Å². The number of benzene rings is 1. The van der Waals surface area contributed by atoms with Crippen LogP contribution in [-0.2, 0) is 0 Å². The highest BCUT2D eigenvalue weighted by Gasteiger charge is 2.06. The minimum atomic E-state index is 0.893. The topological polar surface area (TPSA) is 0 Å². The fourth-order valence-corrected chi connectivity index (χ4v) is 1.64. The molecule has 0 nitrogen and oxygen atoms in total. The number of rotatable bonds is 2. The summed E-state index contributed by atoms with van der Waals surface area (Å²) in [5.41, 5.74) is 2.37. The minimum absolute atomic E-state index is 0.893. The minimum Gasteiger partial charge on any atom is -0.0843 e. The van der Waals surface area contributed by atoms with Crippen LogP contribution in [0.25, 0.3) is 0 Å². The lowest BCUT2D eigenvalue weighted by Gasteiger charge is -2.09. The van der Waals surface area contributed by atoms with E-state index in [1.165, 1.54) is 5.56 Å². The summed E-state index contributed by atoms with van der Waals surface area (Å²) in [6, 6.07) is 10.3. The van der Waals surface area contributed by atoms with Crippen molar-refractivity contribution in [2.45, 2.75) is 6.42 Å². The molecule has 69 valence electrons. The van der Waals surface area contributed by atoms with Gasteiger partial charge in [-0.25, -0.2) is 0 Å². The molecule has 0 heterocycles. The lowest BCUT2D eigenvalue weighted by molar-refractivity contribution is 1.40. The first kappa shape index (κ1) is 9.35. The van der Waals surface area contributed by atoms with Gasteiger partial charge in [0, 0.05) is 17.7 Å². The van der Waals surface area contributed by atoms with Crippen LogP contribution in [0.1, 0.15) is 12.0 Å². The molecule has 1 aromatic rings. The summed E-state index contributed by atoms with van der Waals surface area (Å²) in [6.45, 7) is 0. The summed E-state index contributed by atoms with van der Waals surface area (Å²) < 4.78 is 0. The fraction of sp³-hybridized carbons (Fsp3) is 0.0769. The van der Waals surface area contributed by atoms with Gasteiger partial charge in [-0.3, -0.25) is 0 Å². The second-order valence-corrected chi connectivity index (χ2v) is 3.73. The quantitative estimate of drug-likeness (QED) is 0.657. The molecule has 0 N–H and O–H groups in total. The first-order valence-corrected chi connectivity index (χ1v) is 5.07. The van der Waals surface area contributed by atoms with Crippen molar-refractivity contribution < 1.29 is 0 Å². The molecule has 0 unspecified atom stereocenters. The third-order valence-electron chi connectivity index (χ3n) is 2.16. The van der Waals surface area contributed by atoms with Gasteiger partial charge in [0.15, 0.2) is 0 Å². The third kappa shape index (κ3) is 2.18. The molecule has 2 rings (SSSR count). The van der Waals surface area contributed by atoms with Crippen molar-refractivity contribution in [3.8, 4) is 0 Å². The third-order valence-corrected chi connectivity index (χ3v) is 2.56. The average molecular weight is 199 g/mol. The molecule has 0 saturated carbocycles. The van der Waals surface area contributed by atoms with Crippen molar-refractivity contribution in [1.82, 2.24) is 0 Å². The van der Waals surface area contributed by atoms with E-state index in [1.807, 2.05) is 18.2 Å². The lowest BCUT2D eigenvalue weighted by Crippen LogP contribution is -2.02. The van der Waals surface area contributed by atoms with E-state index in [1.54, 1.807) is 0 Å². The van der Waals surface area contributed by atoms with Crippen LogP contribution in [-0.4, -0.2) is 4.86 Å². The van der Waals surface area contributed by atoms with E-state index in [0.717, 1.165) is 16.9 Å². The van der Waals surface area contributed by atoms with Crippen LogP contribution in [0, 0.1) is 6.42 Å². The molecule has 1 aliphatic rings. The summed E-state index contributed by atoms with van der Waals surface area (Å²) in [6.07, 6.45) is 9.24. The highest BCUT2D eigenvalue weighted by atomic mass is 32.1. The van der Waals surface area contributed by atoms with Crippen LogP contribution in [0.2, 0.25) is 0 Å². The van der Waals surface area contributed by atoms with Crippen LogP contribution < -0.4 is 0 Å². The SMILES string of the molecule is S=C1CC=CC=C1[CH]c1ccccc1. The summed E-state index contributed by atoms with van der Waals surface area (Å²) in [5.74, 6) is 0. The predicted octanol–water partition coefficient (Wildman–Crippen LogP) is 3.50. The molecule has 0 amide bonds. The Balaban J connectivity index is 2.15. The van der Waals surface area contributed by atoms with Crippen molar-refractivity contribution >= 4 is 17.1 Å². The van der Waals surface area contributed by atoms with E-state index in [9.17, 15) is 0 Å². The molecule has 0 aromatic heterocycles. The van der Waals surface area contributed by atoms with E-state index in [2.05, 4.69) is 36.8 Å². The Hall–Kier alpha value is -1.21. The molecular weight excluding hydrogens is 188 g/mol. The number of allylic oxidation sites excluding steroid dienone is 4. The maximum absolute atomic E-state index is 5.28. The number of thiocarbonyl (C=S) groups is 1. The smallest absolute Gasteiger partial charge is 0.0228 e. The Labute approximate surface area is 90.0 Å². The molecular formula is C13H11S. The molecule has 0 spiro atoms. The second-order valence-electron chi connectivity index (χ2n) is 3.23. The van der Waals surface area contributed by atoms with Gasteiger partial charge in [-0.05, 0) is 11.1 Å². The zero-order valence-corrected chi connectivity index (χ0v) is 8.63. The summed E-state index contributed by atoms with van der Waals surface area (Å²) in [7, 11) is 0. The van der Waals surface area contributed by atoms with Crippen LogP contribution >= 0.6 is 12.2 Å². The molecule has 1 radical (unpaired) electrons. The zero-order chi connectivity index (χ0) is 9.80. The summed E-state index contributed by atoms with van der Waals surface area (Å²) in [5, 5.41) is 0. The van der Waals surface area contributed by atoms with Crippen LogP contribution in [0.5, 0.6) is 0 Å². The molecule has 1 heteroatoms. The molecule has 1 aliphatic carbocycles. The van der Waals surface area contributed by atoms with Gasteiger partial charge >= 0.3 is 0 Å². The van der Waals surface area contributed by atoms with Gasteiger partial charge in [-0.15, -0.1) is 0 Å². The highest BCUT2D eigenvalue weighted by molar-refractivity contribution is 7.80. The Morgan fingerprint density at radius 2 is 1.93 bits per heavy atom. The van der Waals surface area contributed by atoms with Crippen molar-refractivity contribution in [1.29, 1.82) is 0 Å². The molecule has 0 saturated heterocycles. The van der Waals surface area contributed by atoms with E-state index in [4.69, 9.17) is 12.2 Å². The standard InChI is InChI=1S/C13H11S/c14-13-9-5-4-8-12(13)10-11-6-2-1-3-7-11/h1-8,10H,9H2. The predicted molar refractivity (Wildman–Crippen MR) is 64.3 cm³/mol. The second kappa shape index (κ2) is 4.34. The van der Waals surface area contributed by atoms with Crippen LogP contribution in [0.4, 0.5) is 0 Å². The molecule has 0 atom stereocenters. The fourth-order valence-electron chi connectivity index (χ4n) is 1.42. The maximum atomic E-state index is 5.28. The van der Waals surface area contributed by atoms with Crippen molar-refractivity contribution in [3.05, 3.63) is 66.1 Å². The van der Waals surface area contributed by atoms with Gasteiger partial charge in [0.25, 0.3) is 0 Å². The maximum Gasteiger partial charge on any atom is 0.0228 e. The molecule has 14 heavy (non-hydrogen) atoms.